The Bertz CT molecular complexity index is 297. The molecule has 0 aromatic carbocycles. The van der Waals surface area contributed by atoms with E-state index in [0.717, 1.165) is 0 Å². The highest BCUT2D eigenvalue weighted by Gasteiger charge is 2.16. The van der Waals surface area contributed by atoms with Crippen LogP contribution in [0.5, 0.6) is 0 Å². The first kappa shape index (κ1) is 9.18. The summed E-state index contributed by atoms with van der Waals surface area (Å²) in [4.78, 5) is 13.9. The molecule has 0 amide bonds. The highest BCUT2D eigenvalue weighted by molar-refractivity contribution is 9.08. The molecule has 0 aliphatic rings. The average molecular weight is 234 g/mol. The molecule has 6 heteroatoms. The number of nitro groups is 1. The molecule has 0 atom stereocenters. The molecule has 1 aromatic rings. The van der Waals surface area contributed by atoms with Gasteiger partial charge in [-0.2, -0.15) is 0 Å². The molecule has 1 rings (SSSR count). The molecule has 66 valence electrons. The van der Waals surface area contributed by atoms with Crippen LogP contribution in [0.15, 0.2) is 6.20 Å². The highest BCUT2D eigenvalue weighted by atomic mass is 79.9. The van der Waals surface area contributed by atoms with Crippen molar-refractivity contribution in [2.45, 2.75) is 18.8 Å². The van der Waals surface area contributed by atoms with Gasteiger partial charge in [0.1, 0.15) is 6.20 Å². The van der Waals surface area contributed by atoms with E-state index >= 15 is 0 Å². The number of hydrogen-bond acceptors (Lipinski definition) is 3. The Hall–Kier alpha value is -0.910. The summed E-state index contributed by atoms with van der Waals surface area (Å²) in [7, 11) is 0. The Morgan fingerprint density at radius 2 is 2.50 bits per heavy atom. The Morgan fingerprint density at radius 1 is 1.83 bits per heavy atom. The standard InChI is InChI=1S/C6H8BrN3O2/c1-2-9-5(3-7)8-4-6(9)10(11)12/h4H,2-3H2,1H3. The van der Waals surface area contributed by atoms with E-state index in [1.54, 1.807) is 4.57 Å². The maximum Gasteiger partial charge on any atom is 0.342 e. The fourth-order valence-electron chi connectivity index (χ4n) is 1.00. The van der Waals surface area contributed by atoms with Crippen LogP contribution in [-0.4, -0.2) is 14.5 Å². The predicted molar refractivity (Wildman–Crippen MR) is 47.2 cm³/mol. The number of halogens is 1. The fourth-order valence-corrected chi connectivity index (χ4v) is 1.45. The van der Waals surface area contributed by atoms with Crippen LogP contribution in [-0.2, 0) is 11.9 Å². The average Bonchev–Trinajstić information content (AvgIpc) is 2.46. The van der Waals surface area contributed by atoms with Crippen molar-refractivity contribution in [2.75, 3.05) is 0 Å². The van der Waals surface area contributed by atoms with Gasteiger partial charge in [0.05, 0.1) is 11.9 Å². The summed E-state index contributed by atoms with van der Waals surface area (Å²) in [5.74, 6) is 0.733. The van der Waals surface area contributed by atoms with Gasteiger partial charge in [-0.25, -0.2) is 9.55 Å². The van der Waals surface area contributed by atoms with Gasteiger partial charge in [0.2, 0.25) is 5.82 Å². The van der Waals surface area contributed by atoms with Gasteiger partial charge >= 0.3 is 5.82 Å². The van der Waals surface area contributed by atoms with E-state index in [1.165, 1.54) is 6.20 Å². The molecule has 0 spiro atoms. The summed E-state index contributed by atoms with van der Waals surface area (Å²) < 4.78 is 1.56. The van der Waals surface area contributed by atoms with E-state index < -0.39 is 4.92 Å². The molecule has 0 saturated carbocycles. The van der Waals surface area contributed by atoms with Crippen molar-refractivity contribution < 1.29 is 4.92 Å². The van der Waals surface area contributed by atoms with Crippen LogP contribution in [0, 0.1) is 10.1 Å². The van der Waals surface area contributed by atoms with Crippen LogP contribution < -0.4 is 0 Å². The minimum Gasteiger partial charge on any atom is -0.358 e. The topological polar surface area (TPSA) is 61.0 Å². The number of imidazole rings is 1. The van der Waals surface area contributed by atoms with Crippen LogP contribution in [0.3, 0.4) is 0 Å². The third kappa shape index (κ3) is 1.47. The Labute approximate surface area is 77.7 Å². The summed E-state index contributed by atoms with van der Waals surface area (Å²) >= 11 is 3.21. The van der Waals surface area contributed by atoms with E-state index in [1.807, 2.05) is 6.92 Å². The van der Waals surface area contributed by atoms with Gasteiger partial charge in [0, 0.05) is 0 Å². The van der Waals surface area contributed by atoms with E-state index in [0.29, 0.717) is 17.7 Å². The monoisotopic (exact) mass is 233 g/mol. The SMILES string of the molecule is CCn1c([N+](=O)[O-])cnc1CBr. The minimum absolute atomic E-state index is 0.0481. The van der Waals surface area contributed by atoms with E-state index in [9.17, 15) is 10.1 Å². The zero-order valence-corrected chi connectivity index (χ0v) is 8.11. The lowest BCUT2D eigenvalue weighted by molar-refractivity contribution is -0.392. The Balaban J connectivity index is 3.13. The third-order valence-electron chi connectivity index (χ3n) is 1.54. The van der Waals surface area contributed by atoms with Gasteiger partial charge in [-0.05, 0) is 11.8 Å². The number of aromatic nitrogens is 2. The van der Waals surface area contributed by atoms with Crippen molar-refractivity contribution >= 4 is 21.7 Å². The molecule has 1 aromatic heterocycles. The van der Waals surface area contributed by atoms with Crippen molar-refractivity contribution in [1.82, 2.24) is 9.55 Å². The molecular weight excluding hydrogens is 226 g/mol. The normalized spacial score (nSPS) is 10.2. The second kappa shape index (κ2) is 3.66. The molecule has 0 N–H and O–H groups in total. The van der Waals surface area contributed by atoms with Gasteiger partial charge in [-0.15, -0.1) is 0 Å². The highest BCUT2D eigenvalue weighted by Crippen LogP contribution is 2.15. The van der Waals surface area contributed by atoms with E-state index in [-0.39, 0.29) is 5.82 Å². The quantitative estimate of drug-likeness (QED) is 0.454. The maximum atomic E-state index is 10.4. The van der Waals surface area contributed by atoms with Gasteiger partial charge in [0.25, 0.3) is 0 Å². The van der Waals surface area contributed by atoms with Crippen molar-refractivity contribution in [3.05, 3.63) is 22.1 Å². The van der Waals surface area contributed by atoms with Gasteiger partial charge in [-0.3, -0.25) is 0 Å². The second-order valence-electron chi connectivity index (χ2n) is 2.17. The predicted octanol–water partition coefficient (Wildman–Crippen LogP) is 1.71. The van der Waals surface area contributed by atoms with Gasteiger partial charge in [0.15, 0.2) is 0 Å². The molecular formula is C6H8BrN3O2. The molecule has 1 heterocycles. The first-order chi connectivity index (χ1) is 5.70. The number of rotatable bonds is 3. The molecule has 0 aliphatic heterocycles. The number of hydrogen-bond donors (Lipinski definition) is 0. The molecule has 0 radical (unpaired) electrons. The molecule has 0 unspecified atom stereocenters. The summed E-state index contributed by atoms with van der Waals surface area (Å²) in [6.07, 6.45) is 1.28. The zero-order chi connectivity index (χ0) is 9.14. The smallest absolute Gasteiger partial charge is 0.342 e. The molecule has 12 heavy (non-hydrogen) atoms. The fraction of sp³-hybridized carbons (Fsp3) is 0.500. The number of alkyl halides is 1. The Kier molecular flexibility index (Phi) is 2.80. The van der Waals surface area contributed by atoms with Gasteiger partial charge < -0.3 is 10.1 Å². The molecule has 0 saturated heterocycles. The Morgan fingerprint density at radius 3 is 2.92 bits per heavy atom. The summed E-state index contributed by atoms with van der Waals surface area (Å²) in [5.41, 5.74) is 0. The van der Waals surface area contributed by atoms with E-state index in [2.05, 4.69) is 20.9 Å². The summed E-state index contributed by atoms with van der Waals surface area (Å²) in [6.45, 7) is 2.41. The van der Waals surface area contributed by atoms with Gasteiger partial charge in [-0.1, -0.05) is 15.9 Å². The third-order valence-corrected chi connectivity index (χ3v) is 2.04. The molecule has 5 nitrogen and oxygen atoms in total. The number of nitrogens with zero attached hydrogens (tertiary/aromatic N) is 3. The molecule has 0 fully saturated rings. The lowest BCUT2D eigenvalue weighted by atomic mass is 10.6. The molecule has 0 aliphatic carbocycles. The summed E-state index contributed by atoms with van der Waals surface area (Å²) in [5, 5.41) is 11.0. The lowest BCUT2D eigenvalue weighted by Gasteiger charge is -1.98. The summed E-state index contributed by atoms with van der Waals surface area (Å²) in [6, 6.07) is 0. The van der Waals surface area contributed by atoms with Crippen molar-refractivity contribution in [3.8, 4) is 0 Å². The van der Waals surface area contributed by atoms with Crippen molar-refractivity contribution in [1.29, 1.82) is 0 Å². The van der Waals surface area contributed by atoms with Crippen LogP contribution in [0.25, 0.3) is 0 Å². The minimum atomic E-state index is -0.428. The van der Waals surface area contributed by atoms with Crippen LogP contribution in [0.1, 0.15) is 12.7 Å². The largest absolute Gasteiger partial charge is 0.358 e. The van der Waals surface area contributed by atoms with E-state index in [4.69, 9.17) is 0 Å². The van der Waals surface area contributed by atoms with Crippen LogP contribution >= 0.6 is 15.9 Å². The first-order valence-electron chi connectivity index (χ1n) is 3.45. The first-order valence-corrected chi connectivity index (χ1v) is 4.57. The lowest BCUT2D eigenvalue weighted by Crippen LogP contribution is -2.03. The maximum absolute atomic E-state index is 10.4. The zero-order valence-electron chi connectivity index (χ0n) is 6.53. The van der Waals surface area contributed by atoms with Crippen molar-refractivity contribution in [2.24, 2.45) is 0 Å². The van der Waals surface area contributed by atoms with Crippen molar-refractivity contribution in [3.63, 3.8) is 0 Å². The molecule has 0 bridgehead atoms. The van der Waals surface area contributed by atoms with Crippen LogP contribution in [0.2, 0.25) is 0 Å². The second-order valence-corrected chi connectivity index (χ2v) is 2.73. The van der Waals surface area contributed by atoms with Crippen LogP contribution in [0.4, 0.5) is 5.82 Å².